The average Bonchev–Trinajstić information content (AvgIpc) is 2.32. The topological polar surface area (TPSA) is 32.3 Å². The van der Waals surface area contributed by atoms with E-state index in [0.29, 0.717) is 18.0 Å². The molecule has 3 atom stereocenters. The second-order valence-electron chi connectivity index (χ2n) is 5.86. The quantitative estimate of drug-likeness (QED) is 0.748. The van der Waals surface area contributed by atoms with Crippen LogP contribution in [0.4, 0.5) is 4.79 Å². The van der Waals surface area contributed by atoms with Crippen LogP contribution in [0.1, 0.15) is 58.8 Å². The molecule has 98 valence electrons. The number of nitrogens with one attached hydrogen (secondary N) is 1. The van der Waals surface area contributed by atoms with Crippen LogP contribution >= 0.6 is 0 Å². The van der Waals surface area contributed by atoms with Crippen LogP contribution in [0.3, 0.4) is 0 Å². The molecule has 17 heavy (non-hydrogen) atoms. The highest BCUT2D eigenvalue weighted by Crippen LogP contribution is 2.24. The first kappa shape index (κ1) is 12.7. The lowest BCUT2D eigenvalue weighted by atomic mass is 9.86. The summed E-state index contributed by atoms with van der Waals surface area (Å²) >= 11 is 0. The molecule has 3 heteroatoms. The van der Waals surface area contributed by atoms with E-state index in [1.807, 2.05) is 4.90 Å². The molecule has 1 saturated heterocycles. The number of carbonyl (C=O) groups is 1. The van der Waals surface area contributed by atoms with Gasteiger partial charge in [-0.2, -0.15) is 0 Å². The van der Waals surface area contributed by atoms with E-state index >= 15 is 0 Å². The van der Waals surface area contributed by atoms with Gasteiger partial charge in [-0.25, -0.2) is 4.79 Å². The lowest BCUT2D eigenvalue weighted by molar-refractivity contribution is 0.147. The second-order valence-corrected chi connectivity index (χ2v) is 5.86. The molecule has 1 aliphatic carbocycles. The van der Waals surface area contributed by atoms with Crippen molar-refractivity contribution in [2.75, 3.05) is 6.54 Å². The van der Waals surface area contributed by atoms with Gasteiger partial charge in [-0.3, -0.25) is 0 Å². The van der Waals surface area contributed by atoms with E-state index in [1.54, 1.807) is 0 Å². The van der Waals surface area contributed by atoms with Crippen LogP contribution in [-0.4, -0.2) is 29.6 Å². The summed E-state index contributed by atoms with van der Waals surface area (Å²) in [6, 6.07) is 1.00. The fraction of sp³-hybridized carbons (Fsp3) is 0.929. The summed E-state index contributed by atoms with van der Waals surface area (Å²) in [6.07, 6.45) is 8.62. The Labute approximate surface area is 105 Å². The predicted molar refractivity (Wildman–Crippen MR) is 70.0 cm³/mol. The van der Waals surface area contributed by atoms with Crippen LogP contribution in [0.15, 0.2) is 0 Å². The molecular formula is C14H26N2O. The normalized spacial score (nSPS) is 34.5. The summed E-state index contributed by atoms with van der Waals surface area (Å²) < 4.78 is 0. The van der Waals surface area contributed by atoms with Gasteiger partial charge in [0.15, 0.2) is 0 Å². The van der Waals surface area contributed by atoms with Crippen LogP contribution < -0.4 is 5.32 Å². The zero-order valence-electron chi connectivity index (χ0n) is 11.2. The summed E-state index contributed by atoms with van der Waals surface area (Å²) in [5.41, 5.74) is 0. The summed E-state index contributed by atoms with van der Waals surface area (Å²) in [5, 5.41) is 3.26. The first-order valence-corrected chi connectivity index (χ1v) is 7.25. The Morgan fingerprint density at radius 1 is 1.06 bits per heavy atom. The lowest BCUT2D eigenvalue weighted by Crippen LogP contribution is -2.52. The highest BCUT2D eigenvalue weighted by molar-refractivity contribution is 5.75. The van der Waals surface area contributed by atoms with Gasteiger partial charge in [0.25, 0.3) is 0 Å². The molecular weight excluding hydrogens is 212 g/mol. The van der Waals surface area contributed by atoms with Gasteiger partial charge < -0.3 is 10.2 Å². The third kappa shape index (κ3) is 3.14. The minimum absolute atomic E-state index is 0.177. The maximum Gasteiger partial charge on any atom is 0.317 e. The summed E-state index contributed by atoms with van der Waals surface area (Å²) in [7, 11) is 0. The van der Waals surface area contributed by atoms with E-state index in [1.165, 1.54) is 25.7 Å². The minimum atomic E-state index is 0.177. The van der Waals surface area contributed by atoms with Gasteiger partial charge in [-0.15, -0.1) is 0 Å². The van der Waals surface area contributed by atoms with Crippen molar-refractivity contribution in [3.05, 3.63) is 0 Å². The van der Waals surface area contributed by atoms with Crippen LogP contribution in [0.5, 0.6) is 0 Å². The van der Waals surface area contributed by atoms with Crippen molar-refractivity contribution in [1.82, 2.24) is 10.2 Å². The third-order valence-electron chi connectivity index (χ3n) is 4.48. The number of amides is 2. The maximum atomic E-state index is 12.2. The van der Waals surface area contributed by atoms with Crippen molar-refractivity contribution in [1.29, 1.82) is 0 Å². The molecule has 1 saturated carbocycles. The van der Waals surface area contributed by atoms with E-state index in [2.05, 4.69) is 19.2 Å². The highest BCUT2D eigenvalue weighted by atomic mass is 16.2. The van der Waals surface area contributed by atoms with Crippen molar-refractivity contribution in [2.24, 2.45) is 5.92 Å². The molecule has 0 bridgehead atoms. The molecule has 0 spiro atoms. The number of hydrogen-bond donors (Lipinski definition) is 1. The van der Waals surface area contributed by atoms with E-state index < -0.39 is 0 Å². The zero-order valence-corrected chi connectivity index (χ0v) is 11.2. The van der Waals surface area contributed by atoms with Crippen molar-refractivity contribution in [3.8, 4) is 0 Å². The average molecular weight is 238 g/mol. The molecule has 0 radical (unpaired) electrons. The molecule has 2 rings (SSSR count). The molecule has 0 aromatic carbocycles. The van der Waals surface area contributed by atoms with E-state index in [-0.39, 0.29) is 6.03 Å². The number of urea groups is 1. The van der Waals surface area contributed by atoms with Crippen LogP contribution in [-0.2, 0) is 0 Å². The van der Waals surface area contributed by atoms with Gasteiger partial charge in [-0.05, 0) is 44.9 Å². The number of rotatable bonds is 1. The van der Waals surface area contributed by atoms with Crippen molar-refractivity contribution in [2.45, 2.75) is 70.9 Å². The van der Waals surface area contributed by atoms with E-state index in [0.717, 1.165) is 25.8 Å². The molecule has 3 unspecified atom stereocenters. The smallest absolute Gasteiger partial charge is 0.317 e. The van der Waals surface area contributed by atoms with Crippen LogP contribution in [0.2, 0.25) is 0 Å². The monoisotopic (exact) mass is 238 g/mol. The Hall–Kier alpha value is -0.730. The Bertz CT molecular complexity index is 267. The highest BCUT2D eigenvalue weighted by Gasteiger charge is 2.28. The minimum Gasteiger partial charge on any atom is -0.335 e. The molecule has 0 aromatic heterocycles. The Balaban J connectivity index is 1.86. The predicted octanol–water partition coefficient (Wildman–Crippen LogP) is 3.15. The molecule has 3 nitrogen and oxygen atoms in total. The Kier molecular flexibility index (Phi) is 4.30. The Morgan fingerprint density at radius 2 is 1.76 bits per heavy atom. The number of nitrogens with zero attached hydrogens (tertiary/aromatic N) is 1. The lowest BCUT2D eigenvalue weighted by Gasteiger charge is -2.37. The Morgan fingerprint density at radius 3 is 2.47 bits per heavy atom. The first-order chi connectivity index (χ1) is 8.18. The number of likely N-dealkylation sites (tertiary alicyclic amines) is 1. The third-order valence-corrected chi connectivity index (χ3v) is 4.48. The zero-order chi connectivity index (χ0) is 12.3. The van der Waals surface area contributed by atoms with Crippen molar-refractivity contribution in [3.63, 3.8) is 0 Å². The molecule has 2 fully saturated rings. The van der Waals surface area contributed by atoms with Gasteiger partial charge in [0.2, 0.25) is 0 Å². The molecule has 0 aromatic rings. The van der Waals surface area contributed by atoms with Crippen LogP contribution in [0.25, 0.3) is 0 Å². The molecule has 1 heterocycles. The first-order valence-electron chi connectivity index (χ1n) is 7.25. The fourth-order valence-corrected chi connectivity index (χ4v) is 3.17. The number of hydrogen-bond acceptors (Lipinski definition) is 1. The van der Waals surface area contributed by atoms with Gasteiger partial charge in [0.05, 0.1) is 0 Å². The maximum absolute atomic E-state index is 12.2. The molecule has 1 aliphatic heterocycles. The number of carbonyl (C=O) groups excluding carboxylic acids is 1. The van der Waals surface area contributed by atoms with Crippen molar-refractivity contribution >= 4 is 6.03 Å². The van der Waals surface area contributed by atoms with Gasteiger partial charge >= 0.3 is 6.03 Å². The fourth-order valence-electron chi connectivity index (χ4n) is 3.17. The summed E-state index contributed by atoms with van der Waals surface area (Å²) in [6.45, 7) is 5.38. The van der Waals surface area contributed by atoms with E-state index in [9.17, 15) is 4.79 Å². The van der Waals surface area contributed by atoms with Gasteiger partial charge in [0.1, 0.15) is 0 Å². The summed E-state index contributed by atoms with van der Waals surface area (Å²) in [5.74, 6) is 0.646. The van der Waals surface area contributed by atoms with Gasteiger partial charge in [0, 0.05) is 18.6 Å². The molecule has 2 amide bonds. The van der Waals surface area contributed by atoms with E-state index in [4.69, 9.17) is 0 Å². The van der Waals surface area contributed by atoms with Crippen LogP contribution in [0, 0.1) is 5.92 Å². The largest absolute Gasteiger partial charge is 0.335 e. The molecule has 2 aliphatic rings. The number of piperidine rings is 1. The SMILES string of the molecule is CC1CCCCC1NC(=O)N1CCCCC1C. The van der Waals surface area contributed by atoms with Crippen molar-refractivity contribution < 1.29 is 4.79 Å². The molecule has 1 N–H and O–H groups in total. The van der Waals surface area contributed by atoms with Gasteiger partial charge in [-0.1, -0.05) is 19.8 Å². The second kappa shape index (κ2) is 5.74. The standard InChI is InChI=1S/C14H26N2O/c1-11-7-3-4-9-13(11)15-14(17)16-10-6-5-8-12(16)2/h11-13H,3-10H2,1-2H3,(H,15,17). The summed E-state index contributed by atoms with van der Waals surface area (Å²) in [4.78, 5) is 14.3.